The summed E-state index contributed by atoms with van der Waals surface area (Å²) >= 11 is 0. The summed E-state index contributed by atoms with van der Waals surface area (Å²) in [6, 6.07) is 0. The Bertz CT molecular complexity index is 15.6. The molecule has 0 heterocycles. The van der Waals surface area contributed by atoms with E-state index in [-0.39, 0.29) is 143 Å². The maximum atomic E-state index is 0. The molecular formula is In2O9W2. The third kappa shape index (κ3) is 316. The van der Waals surface area contributed by atoms with E-state index in [0.29, 0.717) is 0 Å². The van der Waals surface area contributed by atoms with Crippen LogP contribution in [0, 0.1) is 0 Å². The van der Waals surface area contributed by atoms with E-state index in [1.165, 1.54) is 0 Å². The number of hydrogen-bond acceptors (Lipinski definition) is 0. The van der Waals surface area contributed by atoms with E-state index >= 15 is 0 Å². The van der Waals surface area contributed by atoms with Crippen LogP contribution in [0.3, 0.4) is 0 Å². The molecule has 0 aliphatic rings. The molecule has 0 aliphatic carbocycles. The summed E-state index contributed by atoms with van der Waals surface area (Å²) < 4.78 is 0. The van der Waals surface area contributed by atoms with Crippen molar-refractivity contribution in [2.75, 3.05) is 0 Å². The Morgan fingerprint density at radius 3 is 0.231 bits per heavy atom. The topological polar surface area (TPSA) is 256 Å². The smallest absolute Gasteiger partial charge is 2.00 e. The van der Waals surface area contributed by atoms with E-state index in [9.17, 15) is 0 Å². The second kappa shape index (κ2) is 367. The average Bonchev–Trinajstić information content (AvgIpc) is 0. The monoisotopic (exact) mass is 742 g/mol. The third-order valence-electron chi connectivity index (χ3n) is 0. The Morgan fingerprint density at radius 1 is 0.231 bits per heavy atom. The SMILES string of the molecule is [In+3].[In+3].[O-2].[O-2].[O-2].[O-2].[O-2].[O-2].[O-2].[O-2].[O-2].[W+6].[W+6]. The van der Waals surface area contributed by atoms with E-state index < -0.39 is 0 Å². The van der Waals surface area contributed by atoms with Crippen molar-refractivity contribution in [1.29, 1.82) is 0 Å². The van der Waals surface area contributed by atoms with E-state index in [4.69, 9.17) is 0 Å². The van der Waals surface area contributed by atoms with Crippen molar-refractivity contribution in [2.45, 2.75) is 0 Å². The van der Waals surface area contributed by atoms with Crippen LogP contribution in [0.15, 0.2) is 0 Å². The van der Waals surface area contributed by atoms with Gasteiger partial charge in [-0.05, 0) is 0 Å². The van der Waals surface area contributed by atoms with Crippen molar-refractivity contribution in [3.05, 3.63) is 0 Å². The van der Waals surface area contributed by atoms with Gasteiger partial charge in [-0.1, -0.05) is 0 Å². The molecule has 13 heteroatoms. The summed E-state index contributed by atoms with van der Waals surface area (Å²) in [5, 5.41) is 0. The van der Waals surface area contributed by atoms with Gasteiger partial charge >= 0.3 is 93.8 Å². The van der Waals surface area contributed by atoms with Crippen LogP contribution in [-0.4, -0.2) is 51.7 Å². The summed E-state index contributed by atoms with van der Waals surface area (Å²) in [5.41, 5.74) is 0. The Hall–Kier alpha value is 2.76. The molecule has 0 spiro atoms. The van der Waals surface area contributed by atoms with Gasteiger partial charge in [0.2, 0.25) is 0 Å². The van der Waals surface area contributed by atoms with Crippen LogP contribution in [0.1, 0.15) is 0 Å². The maximum Gasteiger partial charge on any atom is 6.00 e. The minimum absolute atomic E-state index is 0. The van der Waals surface area contributed by atoms with Crippen LogP contribution < -0.4 is 0 Å². The van der Waals surface area contributed by atoms with Crippen LogP contribution in [-0.2, 0) is 91.4 Å². The maximum absolute atomic E-state index is 0. The zero-order valence-electron chi connectivity index (χ0n) is 5.65. The van der Waals surface area contributed by atoms with Crippen molar-refractivity contribution < 1.29 is 91.4 Å². The van der Waals surface area contributed by atoms with Gasteiger partial charge in [-0.2, -0.15) is 0 Å². The molecule has 0 radical (unpaired) electrons. The third-order valence-corrected chi connectivity index (χ3v) is 0. The molecule has 72 valence electrons. The van der Waals surface area contributed by atoms with Gasteiger partial charge in [0.15, 0.2) is 0 Å². The van der Waals surface area contributed by atoms with Gasteiger partial charge in [0, 0.05) is 0 Å². The average molecular weight is 741 g/mol. The van der Waals surface area contributed by atoms with Crippen LogP contribution in [0.25, 0.3) is 0 Å². The summed E-state index contributed by atoms with van der Waals surface area (Å²) in [7, 11) is 0. The van der Waals surface area contributed by atoms with Gasteiger partial charge in [0.05, 0.1) is 0 Å². The molecule has 0 aromatic carbocycles. The fourth-order valence-electron chi connectivity index (χ4n) is 0. The molecule has 0 amide bonds. The second-order valence-electron chi connectivity index (χ2n) is 0. The normalized spacial score (nSPS) is 0. The van der Waals surface area contributed by atoms with Crippen LogP contribution >= 0.6 is 0 Å². The molecule has 0 unspecified atom stereocenters. The largest absolute Gasteiger partial charge is 6.00 e. The summed E-state index contributed by atoms with van der Waals surface area (Å²) in [4.78, 5) is 0. The molecule has 0 aliphatic heterocycles. The minimum atomic E-state index is 0. The fourth-order valence-corrected chi connectivity index (χ4v) is 0. The Labute approximate surface area is 141 Å². The van der Waals surface area contributed by atoms with Gasteiger partial charge in [0.25, 0.3) is 0 Å². The van der Waals surface area contributed by atoms with Crippen molar-refractivity contribution >= 4 is 51.7 Å². The summed E-state index contributed by atoms with van der Waals surface area (Å²) in [6.07, 6.45) is 0. The van der Waals surface area contributed by atoms with Crippen molar-refractivity contribution in [3.63, 3.8) is 0 Å². The Kier molecular flexibility index (Phi) is 12800. The predicted octanol–water partition coefficient (Wildman–Crippen LogP) is -1.84. The molecule has 0 rings (SSSR count). The van der Waals surface area contributed by atoms with E-state index in [1.54, 1.807) is 0 Å². The molecule has 0 aromatic heterocycles. The van der Waals surface area contributed by atoms with Gasteiger partial charge in [-0.3, -0.25) is 0 Å². The van der Waals surface area contributed by atoms with E-state index in [1.807, 2.05) is 0 Å². The molecular weight excluding hydrogens is 741 g/mol. The molecule has 0 aromatic rings. The molecule has 13 heavy (non-hydrogen) atoms. The molecule has 0 atom stereocenters. The minimum Gasteiger partial charge on any atom is -2.00 e. The zero-order chi connectivity index (χ0) is 0. The van der Waals surface area contributed by atoms with Crippen LogP contribution in [0.5, 0.6) is 0 Å². The molecule has 0 saturated carbocycles. The zero-order valence-corrected chi connectivity index (χ0v) is 18.1. The first-order valence-electron chi connectivity index (χ1n) is 0. The first-order chi connectivity index (χ1) is 0. The number of rotatable bonds is 0. The van der Waals surface area contributed by atoms with Crippen LogP contribution in [0.4, 0.5) is 0 Å². The van der Waals surface area contributed by atoms with Gasteiger partial charge in [-0.25, -0.2) is 0 Å². The van der Waals surface area contributed by atoms with Gasteiger partial charge in [0.1, 0.15) is 0 Å². The van der Waals surface area contributed by atoms with Crippen molar-refractivity contribution in [2.24, 2.45) is 0 Å². The predicted molar refractivity (Wildman–Crippen MR) is 17.7 cm³/mol. The van der Waals surface area contributed by atoms with E-state index in [0.717, 1.165) is 0 Å². The van der Waals surface area contributed by atoms with Crippen molar-refractivity contribution in [3.8, 4) is 0 Å². The first kappa shape index (κ1) is 451. The summed E-state index contributed by atoms with van der Waals surface area (Å²) in [5.74, 6) is 0. The van der Waals surface area contributed by atoms with E-state index in [2.05, 4.69) is 0 Å². The second-order valence-corrected chi connectivity index (χ2v) is 0. The Morgan fingerprint density at radius 2 is 0.231 bits per heavy atom. The Balaban J connectivity index is 0. The number of hydrogen-bond donors (Lipinski definition) is 0. The molecule has 0 saturated heterocycles. The first-order valence-corrected chi connectivity index (χ1v) is 0. The molecule has 0 N–H and O–H groups in total. The molecule has 9 nitrogen and oxygen atoms in total. The van der Waals surface area contributed by atoms with Crippen LogP contribution in [0.2, 0.25) is 0 Å². The molecule has 0 fully saturated rings. The summed E-state index contributed by atoms with van der Waals surface area (Å²) in [6.45, 7) is 0. The van der Waals surface area contributed by atoms with Gasteiger partial charge < -0.3 is 49.3 Å². The molecule has 0 bridgehead atoms. The quantitative estimate of drug-likeness (QED) is 0.266. The standard InChI is InChI=1S/2In.9O.2W/q2*+3;9*-2;2*+6. The fraction of sp³-hybridized carbons (Fsp3) is 0. The van der Waals surface area contributed by atoms with Crippen molar-refractivity contribution in [1.82, 2.24) is 0 Å². The van der Waals surface area contributed by atoms with Gasteiger partial charge in [-0.15, -0.1) is 0 Å².